The maximum absolute atomic E-state index is 12.6. The van der Waals surface area contributed by atoms with Crippen LogP contribution < -0.4 is 0 Å². The Labute approximate surface area is 128 Å². The zero-order valence-corrected chi connectivity index (χ0v) is 12.3. The number of hydrogen-bond donors (Lipinski definition) is 0. The number of nitrogens with zero attached hydrogens (tertiary/aromatic N) is 1. The lowest BCUT2D eigenvalue weighted by Crippen LogP contribution is -2.38. The van der Waals surface area contributed by atoms with E-state index in [-0.39, 0.29) is 23.7 Å². The minimum atomic E-state index is -1.00. The molecule has 0 N–H and O–H groups in total. The number of fused-ring (bicyclic) bond motifs is 1. The smallest absolute Gasteiger partial charge is 0.249 e. The second-order valence-electron chi connectivity index (χ2n) is 5.66. The largest absolute Gasteiger partial charge is 0.279 e. The van der Waals surface area contributed by atoms with Crippen molar-refractivity contribution >= 4 is 28.7 Å². The van der Waals surface area contributed by atoms with Crippen molar-refractivity contribution in [2.75, 3.05) is 0 Å². The van der Waals surface area contributed by atoms with Crippen LogP contribution in [-0.2, 0) is 14.4 Å². The molecule has 4 nitrogen and oxygen atoms in total. The molecule has 1 aliphatic carbocycles. The van der Waals surface area contributed by atoms with Crippen LogP contribution in [0.4, 0.5) is 0 Å². The maximum atomic E-state index is 12.6. The molecule has 110 valence electrons. The van der Waals surface area contributed by atoms with Crippen molar-refractivity contribution in [3.63, 3.8) is 0 Å². The average molecular weight is 306 g/mol. The molecule has 0 radical (unpaired) electrons. The number of likely N-dealkylation sites (tertiary alicyclic amines) is 1. The minimum Gasteiger partial charge on any atom is -0.279 e. The summed E-state index contributed by atoms with van der Waals surface area (Å²) in [6.45, 7) is 0. The summed E-state index contributed by atoms with van der Waals surface area (Å²) in [4.78, 5) is 38.1. The van der Waals surface area contributed by atoms with E-state index in [4.69, 9.17) is 11.6 Å². The first-order valence-electron chi connectivity index (χ1n) is 7.22. The number of imide groups is 1. The summed E-state index contributed by atoms with van der Waals surface area (Å²) in [7, 11) is 0. The highest BCUT2D eigenvalue weighted by Gasteiger charge is 2.51. The fourth-order valence-electron chi connectivity index (χ4n) is 3.46. The van der Waals surface area contributed by atoms with Gasteiger partial charge in [-0.25, -0.2) is 0 Å². The normalized spacial score (nSPS) is 26.6. The molecule has 1 heterocycles. The fourth-order valence-corrected chi connectivity index (χ4v) is 3.68. The van der Waals surface area contributed by atoms with Crippen LogP contribution in [0.5, 0.6) is 0 Å². The van der Waals surface area contributed by atoms with E-state index < -0.39 is 11.3 Å². The Bertz CT molecular complexity index is 562. The summed E-state index contributed by atoms with van der Waals surface area (Å²) in [6.07, 6.45) is 3.37. The predicted octanol–water partition coefficient (Wildman–Crippen LogP) is 2.67. The molecular formula is C16H16ClNO3. The van der Waals surface area contributed by atoms with Gasteiger partial charge < -0.3 is 0 Å². The molecule has 3 rings (SSSR count). The molecule has 2 amide bonds. The van der Waals surface area contributed by atoms with E-state index in [1.54, 1.807) is 24.3 Å². The molecular weight excluding hydrogens is 290 g/mol. The SMILES string of the molecule is O=C(Cl)[C@@H](c1ccccc1)N1C(=O)[C@H]2CCCC[C@@H]2C1=O. The number of carbonyl (C=O) groups is 3. The van der Waals surface area contributed by atoms with E-state index in [1.165, 1.54) is 0 Å². The summed E-state index contributed by atoms with van der Waals surface area (Å²) >= 11 is 5.70. The molecule has 1 saturated heterocycles. The topological polar surface area (TPSA) is 54.5 Å². The second-order valence-corrected chi connectivity index (χ2v) is 6.03. The van der Waals surface area contributed by atoms with Gasteiger partial charge in [-0.1, -0.05) is 43.2 Å². The Hall–Kier alpha value is -1.68. The van der Waals surface area contributed by atoms with Gasteiger partial charge in [0.15, 0.2) is 0 Å². The molecule has 2 fully saturated rings. The van der Waals surface area contributed by atoms with E-state index in [2.05, 4.69) is 0 Å². The number of carbonyl (C=O) groups excluding carboxylic acids is 3. The Kier molecular flexibility index (Phi) is 3.81. The van der Waals surface area contributed by atoms with Gasteiger partial charge >= 0.3 is 0 Å². The molecule has 0 unspecified atom stereocenters. The number of amides is 2. The Morgan fingerprint density at radius 1 is 1.05 bits per heavy atom. The van der Waals surface area contributed by atoms with Crippen LogP contribution >= 0.6 is 11.6 Å². The van der Waals surface area contributed by atoms with E-state index in [1.807, 2.05) is 6.07 Å². The van der Waals surface area contributed by atoms with Gasteiger partial charge in [-0.2, -0.15) is 0 Å². The van der Waals surface area contributed by atoms with Crippen LogP contribution in [0.15, 0.2) is 30.3 Å². The highest BCUT2D eigenvalue weighted by atomic mass is 35.5. The molecule has 2 aliphatic rings. The van der Waals surface area contributed by atoms with Crippen LogP contribution in [0.1, 0.15) is 37.3 Å². The van der Waals surface area contributed by atoms with Gasteiger partial charge in [-0.15, -0.1) is 0 Å². The highest BCUT2D eigenvalue weighted by molar-refractivity contribution is 6.65. The maximum Gasteiger partial charge on any atom is 0.249 e. The van der Waals surface area contributed by atoms with Gasteiger partial charge in [0, 0.05) is 0 Å². The predicted molar refractivity (Wildman–Crippen MR) is 77.3 cm³/mol. The lowest BCUT2D eigenvalue weighted by atomic mass is 9.81. The summed E-state index contributed by atoms with van der Waals surface area (Å²) in [6, 6.07) is 7.77. The van der Waals surface area contributed by atoms with Crippen molar-refractivity contribution in [2.24, 2.45) is 11.8 Å². The van der Waals surface area contributed by atoms with Crippen LogP contribution in [0.2, 0.25) is 0 Å². The third-order valence-electron chi connectivity index (χ3n) is 4.46. The van der Waals surface area contributed by atoms with E-state index >= 15 is 0 Å². The molecule has 1 aliphatic heterocycles. The molecule has 3 atom stereocenters. The fraction of sp³-hybridized carbons (Fsp3) is 0.438. The van der Waals surface area contributed by atoms with Crippen molar-refractivity contribution in [1.29, 1.82) is 0 Å². The third-order valence-corrected chi connectivity index (χ3v) is 4.67. The zero-order chi connectivity index (χ0) is 15.0. The van der Waals surface area contributed by atoms with Crippen molar-refractivity contribution in [3.05, 3.63) is 35.9 Å². The first kappa shape index (κ1) is 14.3. The standard InChI is InChI=1S/C16H16ClNO3/c17-14(19)13(10-6-2-1-3-7-10)18-15(20)11-8-4-5-9-12(11)16(18)21/h1-3,6-7,11-13H,4-5,8-9H2/t11-,12-,13+/m0/s1. The van der Waals surface area contributed by atoms with Gasteiger partial charge in [0.05, 0.1) is 11.8 Å². The van der Waals surface area contributed by atoms with Crippen LogP contribution in [0, 0.1) is 11.8 Å². The first-order chi connectivity index (χ1) is 10.1. The van der Waals surface area contributed by atoms with Crippen LogP contribution in [0.25, 0.3) is 0 Å². The summed E-state index contributed by atoms with van der Waals surface area (Å²) in [5.74, 6) is -1.03. The first-order valence-corrected chi connectivity index (χ1v) is 7.60. The number of halogens is 1. The molecule has 21 heavy (non-hydrogen) atoms. The number of hydrogen-bond acceptors (Lipinski definition) is 3. The van der Waals surface area contributed by atoms with Gasteiger partial charge in [0.25, 0.3) is 0 Å². The quantitative estimate of drug-likeness (QED) is 0.637. The van der Waals surface area contributed by atoms with Gasteiger partial charge in [-0.3, -0.25) is 19.3 Å². The summed E-state index contributed by atoms with van der Waals surface area (Å²) < 4.78 is 0. The van der Waals surface area contributed by atoms with E-state index in [0.717, 1.165) is 30.6 Å². The Balaban J connectivity index is 1.98. The monoisotopic (exact) mass is 305 g/mol. The zero-order valence-electron chi connectivity index (χ0n) is 11.5. The lowest BCUT2D eigenvalue weighted by molar-refractivity contribution is -0.145. The lowest BCUT2D eigenvalue weighted by Gasteiger charge is -2.23. The molecule has 1 aromatic rings. The molecule has 0 bridgehead atoms. The third kappa shape index (κ3) is 2.38. The molecule has 0 spiro atoms. The molecule has 1 saturated carbocycles. The van der Waals surface area contributed by atoms with Gasteiger partial charge in [-0.05, 0) is 30.0 Å². The van der Waals surface area contributed by atoms with Crippen LogP contribution in [0.3, 0.4) is 0 Å². The molecule has 1 aromatic carbocycles. The second kappa shape index (κ2) is 5.60. The summed E-state index contributed by atoms with van der Waals surface area (Å²) in [5, 5.41) is -0.693. The number of rotatable bonds is 3. The minimum absolute atomic E-state index is 0.243. The summed E-state index contributed by atoms with van der Waals surface area (Å²) in [5.41, 5.74) is 0.581. The van der Waals surface area contributed by atoms with Gasteiger partial charge in [0.1, 0.15) is 6.04 Å². The van der Waals surface area contributed by atoms with Crippen molar-refractivity contribution in [3.8, 4) is 0 Å². The van der Waals surface area contributed by atoms with Gasteiger partial charge in [0.2, 0.25) is 17.1 Å². The Morgan fingerprint density at radius 2 is 1.57 bits per heavy atom. The van der Waals surface area contributed by atoms with Crippen molar-refractivity contribution in [1.82, 2.24) is 4.90 Å². The molecule has 5 heteroatoms. The van der Waals surface area contributed by atoms with E-state index in [0.29, 0.717) is 5.56 Å². The average Bonchev–Trinajstić information content (AvgIpc) is 2.74. The van der Waals surface area contributed by atoms with Crippen molar-refractivity contribution < 1.29 is 14.4 Å². The van der Waals surface area contributed by atoms with Crippen molar-refractivity contribution in [2.45, 2.75) is 31.7 Å². The van der Waals surface area contributed by atoms with Crippen LogP contribution in [-0.4, -0.2) is 22.0 Å². The Morgan fingerprint density at radius 3 is 2.05 bits per heavy atom. The molecule has 0 aromatic heterocycles. The van der Waals surface area contributed by atoms with E-state index in [9.17, 15) is 14.4 Å². The number of benzene rings is 1. The highest BCUT2D eigenvalue weighted by Crippen LogP contribution is 2.41.